The van der Waals surface area contributed by atoms with Crippen molar-refractivity contribution in [1.29, 1.82) is 0 Å². The van der Waals surface area contributed by atoms with Crippen LogP contribution in [0.3, 0.4) is 0 Å². The molecule has 0 spiro atoms. The van der Waals surface area contributed by atoms with E-state index >= 15 is 0 Å². The summed E-state index contributed by atoms with van der Waals surface area (Å²) < 4.78 is 12.3. The molecule has 1 saturated heterocycles. The SMILES string of the molecule is COc1cc(/C=C2/SC(=O)N(Cc3ccc(Br)cc3)C2=O)ccc1OCc1ccncc1. The lowest BCUT2D eigenvalue weighted by Crippen LogP contribution is -2.27. The zero-order valence-corrected chi connectivity index (χ0v) is 19.6. The number of nitrogens with zero attached hydrogens (tertiary/aromatic N) is 2. The summed E-state index contributed by atoms with van der Waals surface area (Å²) in [4.78, 5) is 30.9. The zero-order valence-electron chi connectivity index (χ0n) is 17.2. The second kappa shape index (κ2) is 10.0. The number of hydrogen-bond donors (Lipinski definition) is 0. The Bertz CT molecular complexity index is 1170. The Morgan fingerprint density at radius 3 is 2.47 bits per heavy atom. The minimum atomic E-state index is -0.306. The molecule has 0 unspecified atom stereocenters. The molecule has 4 rings (SSSR count). The molecule has 1 aromatic heterocycles. The predicted octanol–water partition coefficient (Wildman–Crippen LogP) is 5.67. The molecule has 1 aliphatic heterocycles. The summed E-state index contributed by atoms with van der Waals surface area (Å²) in [5.74, 6) is 0.826. The quantitative estimate of drug-likeness (QED) is 0.381. The van der Waals surface area contributed by atoms with E-state index in [0.29, 0.717) is 23.0 Å². The van der Waals surface area contributed by atoms with Crippen LogP contribution in [0.5, 0.6) is 11.5 Å². The van der Waals surface area contributed by atoms with Gasteiger partial charge < -0.3 is 9.47 Å². The first-order chi connectivity index (χ1) is 15.5. The number of rotatable bonds is 7. The van der Waals surface area contributed by atoms with Crippen molar-refractivity contribution in [1.82, 2.24) is 9.88 Å². The molecule has 3 aromatic rings. The molecule has 2 heterocycles. The van der Waals surface area contributed by atoms with Gasteiger partial charge in [-0.2, -0.15) is 0 Å². The molecular weight excluding hydrogens is 492 g/mol. The van der Waals surface area contributed by atoms with Gasteiger partial charge in [-0.1, -0.05) is 34.1 Å². The maximum Gasteiger partial charge on any atom is 0.293 e. The third kappa shape index (κ3) is 5.20. The normalized spacial score (nSPS) is 14.8. The van der Waals surface area contributed by atoms with Gasteiger partial charge in [0.1, 0.15) is 6.61 Å². The molecule has 162 valence electrons. The van der Waals surface area contributed by atoms with Gasteiger partial charge in [-0.25, -0.2) is 0 Å². The van der Waals surface area contributed by atoms with Crippen LogP contribution >= 0.6 is 27.7 Å². The predicted molar refractivity (Wildman–Crippen MR) is 127 cm³/mol. The third-order valence-corrected chi connectivity index (χ3v) is 6.19. The van der Waals surface area contributed by atoms with Crippen molar-refractivity contribution in [3.8, 4) is 11.5 Å². The van der Waals surface area contributed by atoms with Crippen LogP contribution in [0.1, 0.15) is 16.7 Å². The lowest BCUT2D eigenvalue weighted by molar-refractivity contribution is -0.123. The van der Waals surface area contributed by atoms with Crippen LogP contribution < -0.4 is 9.47 Å². The van der Waals surface area contributed by atoms with E-state index in [9.17, 15) is 9.59 Å². The maximum atomic E-state index is 12.8. The summed E-state index contributed by atoms with van der Waals surface area (Å²) in [5, 5.41) is -0.284. The van der Waals surface area contributed by atoms with Crippen molar-refractivity contribution < 1.29 is 19.1 Å². The number of carbonyl (C=O) groups is 2. The van der Waals surface area contributed by atoms with E-state index in [1.807, 2.05) is 42.5 Å². The fourth-order valence-corrected chi connectivity index (χ4v) is 4.20. The van der Waals surface area contributed by atoms with Crippen molar-refractivity contribution in [3.63, 3.8) is 0 Å². The van der Waals surface area contributed by atoms with E-state index in [0.717, 1.165) is 32.9 Å². The lowest BCUT2D eigenvalue weighted by atomic mass is 10.1. The molecule has 0 saturated carbocycles. The standard InChI is InChI=1S/C24H19BrN2O4S/c1-30-21-12-18(4-7-20(21)31-15-17-8-10-26-11-9-17)13-22-23(28)27(24(29)32-22)14-16-2-5-19(25)6-3-16/h2-13H,14-15H2,1H3/b22-13+. The molecule has 1 fully saturated rings. The first-order valence-corrected chi connectivity index (χ1v) is 11.3. The number of halogens is 1. The summed E-state index contributed by atoms with van der Waals surface area (Å²) >= 11 is 4.32. The number of amides is 2. The van der Waals surface area contributed by atoms with Gasteiger partial charge in [-0.15, -0.1) is 0 Å². The summed E-state index contributed by atoms with van der Waals surface area (Å²) in [6.45, 7) is 0.619. The molecule has 0 bridgehead atoms. The average Bonchev–Trinajstić information content (AvgIpc) is 3.07. The highest BCUT2D eigenvalue weighted by Gasteiger charge is 2.35. The molecule has 2 amide bonds. The maximum absolute atomic E-state index is 12.8. The summed E-state index contributed by atoms with van der Waals surface area (Å²) in [6.07, 6.45) is 5.12. The van der Waals surface area contributed by atoms with Crippen molar-refractivity contribution in [2.75, 3.05) is 7.11 Å². The molecule has 0 radical (unpaired) electrons. The molecule has 32 heavy (non-hydrogen) atoms. The van der Waals surface area contributed by atoms with Crippen molar-refractivity contribution in [2.24, 2.45) is 0 Å². The van der Waals surface area contributed by atoms with Gasteiger partial charge in [-0.3, -0.25) is 19.5 Å². The molecule has 2 aromatic carbocycles. The summed E-state index contributed by atoms with van der Waals surface area (Å²) in [5.41, 5.74) is 2.62. The van der Waals surface area contributed by atoms with Crippen LogP contribution in [0.15, 0.2) is 76.4 Å². The smallest absolute Gasteiger partial charge is 0.293 e. The van der Waals surface area contributed by atoms with E-state index < -0.39 is 0 Å². The van der Waals surface area contributed by atoms with Gasteiger partial charge in [0.05, 0.1) is 18.6 Å². The highest BCUT2D eigenvalue weighted by molar-refractivity contribution is 9.10. The number of carbonyl (C=O) groups excluding carboxylic acids is 2. The molecular formula is C24H19BrN2O4S. The number of hydrogen-bond acceptors (Lipinski definition) is 6. The minimum absolute atomic E-state index is 0.236. The minimum Gasteiger partial charge on any atom is -0.493 e. The van der Waals surface area contributed by atoms with Crippen molar-refractivity contribution >= 4 is 44.9 Å². The number of ether oxygens (including phenoxy) is 2. The first kappa shape index (κ1) is 22.1. The van der Waals surface area contributed by atoms with Crippen LogP contribution in [0.4, 0.5) is 4.79 Å². The van der Waals surface area contributed by atoms with Crippen LogP contribution in [0, 0.1) is 0 Å². The third-order valence-electron chi connectivity index (χ3n) is 4.76. The van der Waals surface area contributed by atoms with Crippen molar-refractivity contribution in [3.05, 3.63) is 93.1 Å². The Kier molecular flexibility index (Phi) is 6.92. The van der Waals surface area contributed by atoms with E-state index in [1.165, 1.54) is 4.90 Å². The average molecular weight is 511 g/mol. The van der Waals surface area contributed by atoms with E-state index in [1.54, 1.807) is 37.7 Å². The molecule has 6 nitrogen and oxygen atoms in total. The summed E-state index contributed by atoms with van der Waals surface area (Å²) in [7, 11) is 1.56. The summed E-state index contributed by atoms with van der Waals surface area (Å²) in [6, 6.07) is 16.7. The highest BCUT2D eigenvalue weighted by Crippen LogP contribution is 2.35. The Labute approximate surface area is 198 Å². The van der Waals surface area contributed by atoms with Gasteiger partial charge in [0, 0.05) is 16.9 Å². The molecule has 1 aliphatic rings. The van der Waals surface area contributed by atoms with E-state index in [-0.39, 0.29) is 17.7 Å². The molecule has 0 aliphatic carbocycles. The Morgan fingerprint density at radius 2 is 1.75 bits per heavy atom. The fraction of sp³-hybridized carbons (Fsp3) is 0.125. The number of imide groups is 1. The second-order valence-corrected chi connectivity index (χ2v) is 8.86. The van der Waals surface area contributed by atoms with Gasteiger partial charge in [0.2, 0.25) is 0 Å². The molecule has 8 heteroatoms. The topological polar surface area (TPSA) is 68.7 Å². The highest BCUT2D eigenvalue weighted by atomic mass is 79.9. The van der Waals surface area contributed by atoms with Gasteiger partial charge >= 0.3 is 0 Å². The second-order valence-electron chi connectivity index (χ2n) is 6.95. The van der Waals surface area contributed by atoms with Crippen molar-refractivity contribution in [2.45, 2.75) is 13.2 Å². The Hall–Kier alpha value is -3.10. The van der Waals surface area contributed by atoms with E-state index in [2.05, 4.69) is 20.9 Å². The van der Waals surface area contributed by atoms with E-state index in [4.69, 9.17) is 9.47 Å². The number of benzene rings is 2. The van der Waals surface area contributed by atoms with Gasteiger partial charge in [-0.05, 0) is 70.9 Å². The largest absolute Gasteiger partial charge is 0.493 e. The van der Waals surface area contributed by atoms with Crippen LogP contribution in [-0.4, -0.2) is 28.1 Å². The number of methoxy groups -OCH3 is 1. The van der Waals surface area contributed by atoms with Crippen LogP contribution in [0.2, 0.25) is 0 Å². The van der Waals surface area contributed by atoms with Crippen LogP contribution in [0.25, 0.3) is 6.08 Å². The Balaban J connectivity index is 1.48. The number of aromatic nitrogens is 1. The number of thioether (sulfide) groups is 1. The Morgan fingerprint density at radius 1 is 1.00 bits per heavy atom. The zero-order chi connectivity index (χ0) is 22.5. The molecule has 0 atom stereocenters. The van der Waals surface area contributed by atoms with Crippen LogP contribution in [-0.2, 0) is 17.9 Å². The fourth-order valence-electron chi connectivity index (χ4n) is 3.09. The first-order valence-electron chi connectivity index (χ1n) is 9.73. The molecule has 0 N–H and O–H groups in total. The van der Waals surface area contributed by atoms with Gasteiger partial charge in [0.25, 0.3) is 11.1 Å². The lowest BCUT2D eigenvalue weighted by Gasteiger charge is -2.12. The number of pyridine rings is 1. The van der Waals surface area contributed by atoms with Gasteiger partial charge in [0.15, 0.2) is 11.5 Å². The monoisotopic (exact) mass is 510 g/mol.